The van der Waals surface area contributed by atoms with E-state index in [2.05, 4.69) is 5.32 Å². The normalized spacial score (nSPS) is 11.2. The van der Waals surface area contributed by atoms with E-state index in [-0.39, 0.29) is 11.5 Å². The molecular formula is C27H26FN3O2S. The number of aryl methyl sites for hydroxylation is 1. The molecular weight excluding hydrogens is 449 g/mol. The molecule has 5 nitrogen and oxygen atoms in total. The first-order valence-electron chi connectivity index (χ1n) is 11.1. The van der Waals surface area contributed by atoms with Crippen LogP contribution in [0.3, 0.4) is 0 Å². The fourth-order valence-corrected chi connectivity index (χ4v) is 4.65. The van der Waals surface area contributed by atoms with Crippen molar-refractivity contribution in [2.75, 3.05) is 6.54 Å². The Morgan fingerprint density at radius 2 is 1.88 bits per heavy atom. The Morgan fingerprint density at radius 3 is 2.62 bits per heavy atom. The number of hydrogen-bond donors (Lipinski definition) is 1. The van der Waals surface area contributed by atoms with Crippen LogP contribution in [0.4, 0.5) is 4.39 Å². The number of benzene rings is 3. The van der Waals surface area contributed by atoms with Gasteiger partial charge in [0.1, 0.15) is 5.82 Å². The second kappa shape index (κ2) is 10.2. The van der Waals surface area contributed by atoms with Gasteiger partial charge in [0.15, 0.2) is 5.16 Å². The lowest BCUT2D eigenvalue weighted by atomic mass is 10.1. The van der Waals surface area contributed by atoms with Gasteiger partial charge in [-0.1, -0.05) is 55.9 Å². The van der Waals surface area contributed by atoms with Crippen molar-refractivity contribution in [3.05, 3.63) is 99.6 Å². The molecule has 0 saturated heterocycles. The Kier molecular flexibility index (Phi) is 7.12. The van der Waals surface area contributed by atoms with Gasteiger partial charge in [0.2, 0.25) is 0 Å². The average molecular weight is 476 g/mol. The molecule has 0 saturated carbocycles. The topological polar surface area (TPSA) is 64.0 Å². The highest BCUT2D eigenvalue weighted by atomic mass is 32.2. The molecule has 1 aromatic heterocycles. The van der Waals surface area contributed by atoms with Crippen molar-refractivity contribution in [1.82, 2.24) is 14.9 Å². The van der Waals surface area contributed by atoms with Crippen molar-refractivity contribution < 1.29 is 9.18 Å². The second-order valence-electron chi connectivity index (χ2n) is 8.57. The molecule has 1 heterocycles. The molecule has 0 atom stereocenters. The molecule has 0 radical (unpaired) electrons. The predicted octanol–water partition coefficient (Wildman–Crippen LogP) is 5.51. The molecule has 0 aliphatic rings. The lowest BCUT2D eigenvalue weighted by Crippen LogP contribution is -2.27. The summed E-state index contributed by atoms with van der Waals surface area (Å²) in [6.45, 7) is 6.64. The van der Waals surface area contributed by atoms with E-state index in [0.717, 1.165) is 11.1 Å². The van der Waals surface area contributed by atoms with E-state index >= 15 is 0 Å². The van der Waals surface area contributed by atoms with E-state index in [9.17, 15) is 14.0 Å². The lowest BCUT2D eigenvalue weighted by molar-refractivity contribution is 0.0949. The van der Waals surface area contributed by atoms with Gasteiger partial charge in [-0.25, -0.2) is 9.37 Å². The van der Waals surface area contributed by atoms with Gasteiger partial charge in [-0.05, 0) is 60.4 Å². The van der Waals surface area contributed by atoms with Crippen LogP contribution in [0, 0.1) is 18.7 Å². The monoisotopic (exact) mass is 475 g/mol. The highest BCUT2D eigenvalue weighted by Gasteiger charge is 2.16. The SMILES string of the molecule is Cc1ccccc1CSc1nc2cc(C(=O)NCC(C)C)ccc2c(=O)n1-c1cccc(F)c1. The number of thioether (sulfide) groups is 1. The maximum atomic E-state index is 14.0. The fraction of sp³-hybridized carbons (Fsp3) is 0.222. The molecule has 0 unspecified atom stereocenters. The Bertz CT molecular complexity index is 1410. The molecule has 0 aliphatic heterocycles. The van der Waals surface area contributed by atoms with Crippen molar-refractivity contribution in [3.8, 4) is 5.69 Å². The number of hydrogen-bond acceptors (Lipinski definition) is 4. The summed E-state index contributed by atoms with van der Waals surface area (Å²) in [4.78, 5) is 30.8. The van der Waals surface area contributed by atoms with Crippen LogP contribution in [-0.4, -0.2) is 22.0 Å². The van der Waals surface area contributed by atoms with Gasteiger partial charge in [-0.2, -0.15) is 0 Å². The summed E-state index contributed by atoms with van der Waals surface area (Å²) in [5.74, 6) is 0.275. The van der Waals surface area contributed by atoms with Crippen LogP contribution in [0.15, 0.2) is 76.7 Å². The zero-order valence-corrected chi connectivity index (χ0v) is 20.2. The number of fused-ring (bicyclic) bond motifs is 1. The Balaban J connectivity index is 1.81. The van der Waals surface area contributed by atoms with E-state index < -0.39 is 5.82 Å². The number of rotatable bonds is 7. The fourth-order valence-electron chi connectivity index (χ4n) is 3.56. The molecule has 1 N–H and O–H groups in total. The minimum Gasteiger partial charge on any atom is -0.352 e. The number of nitrogens with one attached hydrogen (secondary N) is 1. The maximum Gasteiger partial charge on any atom is 0.266 e. The van der Waals surface area contributed by atoms with Gasteiger partial charge in [0.05, 0.1) is 16.6 Å². The summed E-state index contributed by atoms with van der Waals surface area (Å²) in [5, 5.41) is 3.69. The van der Waals surface area contributed by atoms with Gasteiger partial charge in [0.25, 0.3) is 11.5 Å². The molecule has 34 heavy (non-hydrogen) atoms. The summed E-state index contributed by atoms with van der Waals surface area (Å²) in [6.07, 6.45) is 0. The zero-order chi connectivity index (χ0) is 24.2. The first kappa shape index (κ1) is 23.7. The minimum atomic E-state index is -0.434. The van der Waals surface area contributed by atoms with Crippen molar-refractivity contribution in [1.29, 1.82) is 0 Å². The number of carbonyl (C=O) groups excluding carboxylic acids is 1. The average Bonchev–Trinajstić information content (AvgIpc) is 2.81. The van der Waals surface area contributed by atoms with E-state index in [1.807, 2.05) is 45.0 Å². The quantitative estimate of drug-likeness (QED) is 0.283. The van der Waals surface area contributed by atoms with Gasteiger partial charge in [-0.3, -0.25) is 14.2 Å². The van der Waals surface area contributed by atoms with Crippen LogP contribution in [-0.2, 0) is 5.75 Å². The summed E-state index contributed by atoms with van der Waals surface area (Å²) >= 11 is 1.40. The third-order valence-corrected chi connectivity index (χ3v) is 6.44. The number of nitrogens with zero attached hydrogens (tertiary/aromatic N) is 2. The van der Waals surface area contributed by atoms with Gasteiger partial charge in [0, 0.05) is 17.9 Å². The highest BCUT2D eigenvalue weighted by molar-refractivity contribution is 7.98. The van der Waals surface area contributed by atoms with E-state index in [1.165, 1.54) is 28.5 Å². The number of halogens is 1. The molecule has 4 aromatic rings. The van der Waals surface area contributed by atoms with Crippen LogP contribution >= 0.6 is 11.8 Å². The third kappa shape index (κ3) is 5.20. The van der Waals surface area contributed by atoms with Crippen LogP contribution in [0.25, 0.3) is 16.6 Å². The molecule has 4 rings (SSSR count). The summed E-state index contributed by atoms with van der Waals surface area (Å²) in [6, 6.07) is 18.8. The van der Waals surface area contributed by atoms with Gasteiger partial charge in [-0.15, -0.1) is 0 Å². The molecule has 0 fully saturated rings. The second-order valence-corrected chi connectivity index (χ2v) is 9.51. The third-order valence-electron chi connectivity index (χ3n) is 5.46. The maximum absolute atomic E-state index is 14.0. The van der Waals surface area contributed by atoms with Crippen LogP contribution < -0.4 is 10.9 Å². The van der Waals surface area contributed by atoms with Crippen LogP contribution in [0.2, 0.25) is 0 Å². The predicted molar refractivity (Wildman–Crippen MR) is 135 cm³/mol. The smallest absolute Gasteiger partial charge is 0.266 e. The lowest BCUT2D eigenvalue weighted by Gasteiger charge is -2.14. The number of carbonyl (C=O) groups is 1. The van der Waals surface area contributed by atoms with Crippen molar-refractivity contribution in [3.63, 3.8) is 0 Å². The summed E-state index contributed by atoms with van der Waals surface area (Å²) < 4.78 is 15.5. The van der Waals surface area contributed by atoms with Crippen molar-refractivity contribution in [2.24, 2.45) is 5.92 Å². The van der Waals surface area contributed by atoms with E-state index in [1.54, 1.807) is 30.3 Å². The highest BCUT2D eigenvalue weighted by Crippen LogP contribution is 2.26. The summed E-state index contributed by atoms with van der Waals surface area (Å²) in [5.41, 5.74) is 3.23. The number of amides is 1. The molecule has 1 amide bonds. The molecule has 0 aliphatic carbocycles. The van der Waals surface area contributed by atoms with E-state index in [0.29, 0.717) is 45.5 Å². The standard InChI is InChI=1S/C27H26FN3O2S/c1-17(2)15-29-25(32)19-11-12-23-24(13-19)30-27(34-16-20-8-5-4-7-18(20)3)31(26(23)33)22-10-6-9-21(28)14-22/h4-14,17H,15-16H2,1-3H3,(H,29,32). The van der Waals surface area contributed by atoms with Gasteiger partial charge >= 0.3 is 0 Å². The number of aromatic nitrogens is 2. The zero-order valence-electron chi connectivity index (χ0n) is 19.3. The largest absolute Gasteiger partial charge is 0.352 e. The van der Waals surface area contributed by atoms with Crippen LogP contribution in [0.5, 0.6) is 0 Å². The molecule has 7 heteroatoms. The minimum absolute atomic E-state index is 0.208. The van der Waals surface area contributed by atoms with Crippen molar-refractivity contribution in [2.45, 2.75) is 31.7 Å². The first-order chi connectivity index (χ1) is 16.3. The van der Waals surface area contributed by atoms with E-state index in [4.69, 9.17) is 4.98 Å². The summed E-state index contributed by atoms with van der Waals surface area (Å²) in [7, 11) is 0. The Morgan fingerprint density at radius 1 is 1.09 bits per heavy atom. The Hall–Kier alpha value is -3.45. The van der Waals surface area contributed by atoms with Crippen molar-refractivity contribution >= 4 is 28.6 Å². The van der Waals surface area contributed by atoms with Gasteiger partial charge < -0.3 is 5.32 Å². The molecule has 0 spiro atoms. The Labute approximate surface area is 202 Å². The molecule has 3 aromatic carbocycles. The first-order valence-corrected chi connectivity index (χ1v) is 12.1. The molecule has 174 valence electrons. The molecule has 0 bridgehead atoms. The van der Waals surface area contributed by atoms with Crippen LogP contribution in [0.1, 0.15) is 35.3 Å².